The van der Waals surface area contributed by atoms with Gasteiger partial charge in [-0.3, -0.25) is 0 Å². The first-order valence-corrected chi connectivity index (χ1v) is 12.6. The first-order chi connectivity index (χ1) is 14.6. The monoisotopic (exact) mass is 444 g/mol. The lowest BCUT2D eigenvalue weighted by Gasteiger charge is -2.35. The van der Waals surface area contributed by atoms with Gasteiger partial charge < -0.3 is 11.1 Å². The highest BCUT2D eigenvalue weighted by molar-refractivity contribution is 7.80. The van der Waals surface area contributed by atoms with Crippen LogP contribution in [0.15, 0.2) is 42.5 Å². The van der Waals surface area contributed by atoms with E-state index in [2.05, 4.69) is 55.2 Å². The van der Waals surface area contributed by atoms with Crippen LogP contribution in [0.25, 0.3) is 0 Å². The number of nitrogens with one attached hydrogen (secondary N) is 1. The fourth-order valence-electron chi connectivity index (χ4n) is 4.34. The molecule has 0 aromatic heterocycles. The highest BCUT2D eigenvalue weighted by atomic mass is 35.5. The van der Waals surface area contributed by atoms with Crippen molar-refractivity contribution >= 4 is 24.2 Å². The average molecular weight is 445 g/mol. The summed E-state index contributed by atoms with van der Waals surface area (Å²) in [5, 5.41) is 4.53. The lowest BCUT2D eigenvalue weighted by Crippen LogP contribution is -2.39. The highest BCUT2D eigenvalue weighted by Crippen LogP contribution is 2.35. The van der Waals surface area contributed by atoms with E-state index in [4.69, 9.17) is 17.3 Å². The zero-order valence-electron chi connectivity index (χ0n) is 18.2. The largest absolute Gasteiger partial charge is 0.330 e. The highest BCUT2D eigenvalue weighted by Gasteiger charge is 2.29. The minimum absolute atomic E-state index is 0.516. The Hall–Kier alpha value is -1.000. The fourth-order valence-corrected chi connectivity index (χ4v) is 4.83. The van der Waals surface area contributed by atoms with E-state index in [1.165, 1.54) is 47.9 Å². The van der Waals surface area contributed by atoms with Gasteiger partial charge in [-0.25, -0.2) is 0 Å². The van der Waals surface area contributed by atoms with Crippen LogP contribution in [0.4, 0.5) is 0 Å². The van der Waals surface area contributed by atoms with Gasteiger partial charge in [0.15, 0.2) is 0 Å². The van der Waals surface area contributed by atoms with Crippen molar-refractivity contribution in [2.45, 2.75) is 63.8 Å². The van der Waals surface area contributed by atoms with Gasteiger partial charge in [-0.15, -0.1) is 0 Å². The Labute approximate surface area is 193 Å². The quantitative estimate of drug-likeness (QED) is 0.449. The van der Waals surface area contributed by atoms with Crippen LogP contribution < -0.4 is 11.1 Å². The number of hydrogen-bond donors (Lipinski definition) is 3. The van der Waals surface area contributed by atoms with E-state index in [0.717, 1.165) is 49.0 Å². The van der Waals surface area contributed by atoms with E-state index in [0.29, 0.717) is 12.0 Å². The van der Waals surface area contributed by atoms with Crippen LogP contribution >= 0.6 is 24.2 Å². The second kappa shape index (κ2) is 12.1. The molecular formula is C26H37ClN2S. The van der Waals surface area contributed by atoms with Gasteiger partial charge in [-0.05, 0) is 104 Å². The molecule has 4 rings (SSSR count). The smallest absolute Gasteiger partial charge is 0.0406 e. The summed E-state index contributed by atoms with van der Waals surface area (Å²) in [6.45, 7) is 3.97. The van der Waals surface area contributed by atoms with E-state index in [9.17, 15) is 0 Å². The Balaban J connectivity index is 0.000000448. The standard InChI is InChI=1S/C22H29ClN2.C4H8S/c1-2-25-22-12-9-18-8-5-16(4-3-13-24)14-20(18)21(22)15-17-6-10-19(23)11-7-17;5-3-4-1-2-4/h5-8,10-11,14,21-22,25H,2-4,9,12-13,15,24H2,1H3;4-5H,1-3H2. The maximum Gasteiger partial charge on any atom is 0.0406 e. The van der Waals surface area contributed by atoms with Crippen molar-refractivity contribution in [1.82, 2.24) is 5.32 Å². The normalized spacial score (nSPS) is 20.3. The molecule has 4 heteroatoms. The molecule has 0 amide bonds. The summed E-state index contributed by atoms with van der Waals surface area (Å²) in [4.78, 5) is 0. The maximum absolute atomic E-state index is 6.06. The molecule has 1 fully saturated rings. The molecule has 0 heterocycles. The minimum Gasteiger partial charge on any atom is -0.330 e. The molecule has 1 saturated carbocycles. The average Bonchev–Trinajstić information content (AvgIpc) is 3.60. The van der Waals surface area contributed by atoms with Gasteiger partial charge in [-0.1, -0.05) is 48.9 Å². The molecule has 0 aliphatic heterocycles. The van der Waals surface area contributed by atoms with Gasteiger partial charge in [0.05, 0.1) is 0 Å². The van der Waals surface area contributed by atoms with Crippen LogP contribution in [0, 0.1) is 5.92 Å². The van der Waals surface area contributed by atoms with Gasteiger partial charge in [-0.2, -0.15) is 12.6 Å². The zero-order valence-corrected chi connectivity index (χ0v) is 19.9. The number of hydrogen-bond acceptors (Lipinski definition) is 3. The molecule has 30 heavy (non-hydrogen) atoms. The Kier molecular flexibility index (Phi) is 9.58. The Morgan fingerprint density at radius 1 is 1.07 bits per heavy atom. The molecule has 2 unspecified atom stereocenters. The van der Waals surface area contributed by atoms with Crippen LogP contribution in [0.2, 0.25) is 5.02 Å². The summed E-state index contributed by atoms with van der Waals surface area (Å²) < 4.78 is 0. The van der Waals surface area contributed by atoms with Crippen LogP contribution in [0.5, 0.6) is 0 Å². The SMILES string of the molecule is CCNC1CCc2ccc(CCCN)cc2C1Cc1ccc(Cl)cc1.SCC1CC1. The van der Waals surface area contributed by atoms with Crippen molar-refractivity contribution < 1.29 is 0 Å². The number of rotatable bonds is 8. The third-order valence-corrected chi connectivity index (χ3v) is 7.05. The Morgan fingerprint density at radius 3 is 2.40 bits per heavy atom. The molecule has 164 valence electrons. The summed E-state index contributed by atoms with van der Waals surface area (Å²) in [6.07, 6.45) is 8.43. The number of likely N-dealkylation sites (N-methyl/N-ethyl adjacent to an activating group) is 1. The zero-order chi connectivity index (χ0) is 21.3. The van der Waals surface area contributed by atoms with Crippen molar-refractivity contribution in [2.24, 2.45) is 11.7 Å². The number of fused-ring (bicyclic) bond motifs is 1. The molecule has 0 radical (unpaired) electrons. The lowest BCUT2D eigenvalue weighted by molar-refractivity contribution is 0.392. The molecule has 2 atom stereocenters. The Morgan fingerprint density at radius 2 is 1.80 bits per heavy atom. The van der Waals surface area contributed by atoms with Crippen LogP contribution in [-0.4, -0.2) is 24.9 Å². The van der Waals surface area contributed by atoms with E-state index in [-0.39, 0.29) is 0 Å². The van der Waals surface area contributed by atoms with Crippen LogP contribution in [0.3, 0.4) is 0 Å². The second-order valence-corrected chi connectivity index (χ2v) is 9.49. The third kappa shape index (κ3) is 7.02. The molecule has 2 aliphatic rings. The van der Waals surface area contributed by atoms with Crippen LogP contribution in [0.1, 0.15) is 60.8 Å². The summed E-state index contributed by atoms with van der Waals surface area (Å²) >= 11 is 10.1. The maximum atomic E-state index is 6.06. The first-order valence-electron chi connectivity index (χ1n) is 11.5. The number of aryl methyl sites for hydroxylation is 2. The predicted molar refractivity (Wildman–Crippen MR) is 134 cm³/mol. The van der Waals surface area contributed by atoms with Crippen molar-refractivity contribution in [3.8, 4) is 0 Å². The molecule has 0 spiro atoms. The second-order valence-electron chi connectivity index (χ2n) is 8.69. The van der Waals surface area contributed by atoms with E-state index in [1.807, 2.05) is 12.1 Å². The molecule has 2 aromatic rings. The molecular weight excluding hydrogens is 408 g/mol. The summed E-state index contributed by atoms with van der Waals surface area (Å²) in [6, 6.07) is 15.9. The third-order valence-electron chi connectivity index (χ3n) is 6.28. The fraction of sp³-hybridized carbons (Fsp3) is 0.538. The molecule has 0 saturated heterocycles. The van der Waals surface area contributed by atoms with Crippen molar-refractivity contribution in [3.05, 3.63) is 69.7 Å². The van der Waals surface area contributed by atoms with Crippen LogP contribution in [-0.2, 0) is 19.3 Å². The van der Waals surface area contributed by atoms with E-state index in [1.54, 1.807) is 0 Å². The lowest BCUT2D eigenvalue weighted by atomic mass is 9.75. The van der Waals surface area contributed by atoms with Crippen molar-refractivity contribution in [2.75, 3.05) is 18.8 Å². The van der Waals surface area contributed by atoms with Gasteiger partial charge in [0.25, 0.3) is 0 Å². The predicted octanol–water partition coefficient (Wildman–Crippen LogP) is 5.81. The number of benzene rings is 2. The molecule has 2 nitrogen and oxygen atoms in total. The molecule has 0 bridgehead atoms. The van der Waals surface area contributed by atoms with Gasteiger partial charge >= 0.3 is 0 Å². The van der Waals surface area contributed by atoms with Crippen molar-refractivity contribution in [1.29, 1.82) is 0 Å². The van der Waals surface area contributed by atoms with E-state index >= 15 is 0 Å². The summed E-state index contributed by atoms with van der Waals surface area (Å²) in [5.74, 6) is 2.63. The topological polar surface area (TPSA) is 38.0 Å². The number of nitrogens with two attached hydrogens (primary N) is 1. The van der Waals surface area contributed by atoms with Gasteiger partial charge in [0.1, 0.15) is 0 Å². The number of halogens is 1. The Bertz CT molecular complexity index is 773. The first kappa shape index (κ1) is 23.7. The molecule has 2 aromatic carbocycles. The minimum atomic E-state index is 0.516. The summed E-state index contributed by atoms with van der Waals surface area (Å²) in [5.41, 5.74) is 11.5. The summed E-state index contributed by atoms with van der Waals surface area (Å²) in [7, 11) is 0. The molecule has 3 N–H and O–H groups in total. The van der Waals surface area contributed by atoms with Crippen molar-refractivity contribution in [3.63, 3.8) is 0 Å². The molecule has 2 aliphatic carbocycles. The van der Waals surface area contributed by atoms with Gasteiger partial charge in [0.2, 0.25) is 0 Å². The van der Waals surface area contributed by atoms with Gasteiger partial charge in [0, 0.05) is 17.0 Å². The van der Waals surface area contributed by atoms with E-state index < -0.39 is 0 Å². The number of thiol groups is 1.